The van der Waals surface area contributed by atoms with Gasteiger partial charge in [-0.1, -0.05) is 0 Å². The molecule has 6 heteroatoms. The first-order valence-corrected chi connectivity index (χ1v) is 6.36. The van der Waals surface area contributed by atoms with Gasteiger partial charge in [0, 0.05) is 24.9 Å². The molecule has 1 heterocycles. The number of hydrogen-bond donors (Lipinski definition) is 0. The Labute approximate surface area is 111 Å². The zero-order chi connectivity index (χ0) is 12.6. The minimum absolute atomic E-state index is 0.0300. The lowest BCUT2D eigenvalue weighted by Gasteiger charge is -2.18. The fraction of sp³-hybridized carbons (Fsp3) is 0.364. The highest BCUT2D eigenvalue weighted by Crippen LogP contribution is 2.34. The lowest BCUT2D eigenvalue weighted by Crippen LogP contribution is -2.25. The van der Waals surface area contributed by atoms with Crippen LogP contribution in [0, 0.1) is 17.6 Å². The number of halogens is 4. The van der Waals surface area contributed by atoms with E-state index in [9.17, 15) is 13.6 Å². The van der Waals surface area contributed by atoms with Crippen LogP contribution < -0.4 is 4.90 Å². The maximum absolute atomic E-state index is 13.3. The summed E-state index contributed by atoms with van der Waals surface area (Å²) in [6.45, 7) is 0.393. The van der Waals surface area contributed by atoms with Crippen molar-refractivity contribution in [1.29, 1.82) is 0 Å². The van der Waals surface area contributed by atoms with E-state index in [0.717, 1.165) is 12.1 Å². The Bertz CT molecular complexity index is 469. The van der Waals surface area contributed by atoms with Crippen molar-refractivity contribution in [2.75, 3.05) is 17.3 Å². The first-order valence-electron chi connectivity index (χ1n) is 5.03. The van der Waals surface area contributed by atoms with Gasteiger partial charge in [-0.15, -0.1) is 11.6 Å². The molecule has 1 unspecified atom stereocenters. The summed E-state index contributed by atoms with van der Waals surface area (Å²) in [6.07, 6.45) is 0.314. The highest BCUT2D eigenvalue weighted by atomic mass is 79.9. The van der Waals surface area contributed by atoms with Crippen molar-refractivity contribution in [1.82, 2.24) is 0 Å². The Kier molecular flexibility index (Phi) is 3.68. The van der Waals surface area contributed by atoms with Crippen molar-refractivity contribution in [3.63, 3.8) is 0 Å². The van der Waals surface area contributed by atoms with Gasteiger partial charge in [-0.05, 0) is 27.9 Å². The molecular weight excluding hydrogens is 315 g/mol. The first kappa shape index (κ1) is 12.8. The zero-order valence-corrected chi connectivity index (χ0v) is 11.1. The van der Waals surface area contributed by atoms with Gasteiger partial charge in [-0.2, -0.15) is 0 Å². The molecule has 1 aliphatic heterocycles. The summed E-state index contributed by atoms with van der Waals surface area (Å²) in [5.41, 5.74) is 0.222. The number of hydrogen-bond acceptors (Lipinski definition) is 1. The summed E-state index contributed by atoms with van der Waals surface area (Å²) in [4.78, 5) is 13.1. The molecule has 0 bridgehead atoms. The standard InChI is InChI=1S/C11H9BrClF2NO/c12-11-8(15)2-7(14)3-9(11)16-5-6(4-13)1-10(16)17/h2-3,6H,1,4-5H2. The van der Waals surface area contributed by atoms with Gasteiger partial charge in [0.25, 0.3) is 0 Å². The van der Waals surface area contributed by atoms with Crippen LogP contribution in [0.2, 0.25) is 0 Å². The number of anilines is 1. The molecule has 1 atom stereocenters. The maximum atomic E-state index is 13.3. The van der Waals surface area contributed by atoms with E-state index in [1.807, 2.05) is 0 Å². The molecule has 1 aromatic rings. The predicted octanol–water partition coefficient (Wildman–Crippen LogP) is 3.32. The van der Waals surface area contributed by atoms with E-state index in [1.54, 1.807) is 0 Å². The highest BCUT2D eigenvalue weighted by Gasteiger charge is 2.31. The number of nitrogens with zero attached hydrogens (tertiary/aromatic N) is 1. The second-order valence-electron chi connectivity index (χ2n) is 3.95. The summed E-state index contributed by atoms with van der Waals surface area (Å²) < 4.78 is 26.6. The molecular formula is C11H9BrClF2NO. The number of alkyl halides is 1. The van der Waals surface area contributed by atoms with Gasteiger partial charge in [0.05, 0.1) is 10.2 Å². The Balaban J connectivity index is 2.38. The molecule has 1 aromatic carbocycles. The molecule has 1 fully saturated rings. The van der Waals surface area contributed by atoms with E-state index in [1.165, 1.54) is 4.90 Å². The number of rotatable bonds is 2. The van der Waals surface area contributed by atoms with Crippen molar-refractivity contribution in [2.24, 2.45) is 5.92 Å². The normalized spacial score (nSPS) is 20.1. The first-order chi connectivity index (χ1) is 8.02. The van der Waals surface area contributed by atoms with Crippen LogP contribution in [0.4, 0.5) is 14.5 Å². The van der Waals surface area contributed by atoms with Crippen LogP contribution in [-0.4, -0.2) is 18.3 Å². The molecule has 1 saturated heterocycles. The van der Waals surface area contributed by atoms with E-state index in [0.29, 0.717) is 18.8 Å². The monoisotopic (exact) mass is 323 g/mol. The topological polar surface area (TPSA) is 20.3 Å². The van der Waals surface area contributed by atoms with Crippen LogP contribution in [-0.2, 0) is 4.79 Å². The van der Waals surface area contributed by atoms with Gasteiger partial charge in [0.2, 0.25) is 5.91 Å². The largest absolute Gasteiger partial charge is 0.311 e. The molecule has 17 heavy (non-hydrogen) atoms. The fourth-order valence-electron chi connectivity index (χ4n) is 1.86. The van der Waals surface area contributed by atoms with E-state index in [-0.39, 0.29) is 22.0 Å². The van der Waals surface area contributed by atoms with Crippen LogP contribution in [0.3, 0.4) is 0 Å². The fourth-order valence-corrected chi connectivity index (χ4v) is 2.51. The van der Waals surface area contributed by atoms with Crippen molar-refractivity contribution < 1.29 is 13.6 Å². The minimum atomic E-state index is -0.720. The third-order valence-corrected chi connectivity index (χ3v) is 3.91. The van der Waals surface area contributed by atoms with Crippen LogP contribution >= 0.6 is 27.5 Å². The van der Waals surface area contributed by atoms with Crippen LogP contribution in [0.15, 0.2) is 16.6 Å². The van der Waals surface area contributed by atoms with E-state index in [2.05, 4.69) is 15.9 Å². The number of carbonyl (C=O) groups is 1. The lowest BCUT2D eigenvalue weighted by atomic mass is 10.1. The van der Waals surface area contributed by atoms with Gasteiger partial charge in [-0.25, -0.2) is 8.78 Å². The van der Waals surface area contributed by atoms with Gasteiger partial charge in [0.1, 0.15) is 11.6 Å². The third kappa shape index (κ3) is 2.45. The molecule has 0 spiro atoms. The summed E-state index contributed by atoms with van der Waals surface area (Å²) in [5, 5.41) is 0. The average Bonchev–Trinajstić information content (AvgIpc) is 2.65. The minimum Gasteiger partial charge on any atom is -0.311 e. The summed E-state index contributed by atoms with van der Waals surface area (Å²) in [5.74, 6) is -1.20. The second-order valence-corrected chi connectivity index (χ2v) is 5.05. The van der Waals surface area contributed by atoms with Crippen molar-refractivity contribution in [2.45, 2.75) is 6.42 Å². The number of amides is 1. The molecule has 92 valence electrons. The van der Waals surface area contributed by atoms with E-state index < -0.39 is 11.6 Å². The van der Waals surface area contributed by atoms with Crippen LogP contribution in [0.1, 0.15) is 6.42 Å². The van der Waals surface area contributed by atoms with Crippen LogP contribution in [0.5, 0.6) is 0 Å². The maximum Gasteiger partial charge on any atom is 0.227 e. The Hall–Kier alpha value is -0.680. The Morgan fingerprint density at radius 1 is 1.47 bits per heavy atom. The molecule has 2 nitrogen and oxygen atoms in total. The Morgan fingerprint density at radius 3 is 2.76 bits per heavy atom. The molecule has 2 rings (SSSR count). The highest BCUT2D eigenvalue weighted by molar-refractivity contribution is 9.10. The third-order valence-electron chi connectivity index (χ3n) is 2.69. The quantitative estimate of drug-likeness (QED) is 0.604. The molecule has 0 saturated carbocycles. The molecule has 0 aromatic heterocycles. The van der Waals surface area contributed by atoms with Gasteiger partial charge >= 0.3 is 0 Å². The smallest absolute Gasteiger partial charge is 0.227 e. The summed E-state index contributed by atoms with van der Waals surface area (Å²) in [7, 11) is 0. The SMILES string of the molecule is O=C1CC(CCl)CN1c1cc(F)cc(F)c1Br. The molecule has 0 N–H and O–H groups in total. The summed E-state index contributed by atoms with van der Waals surface area (Å²) >= 11 is 8.71. The average molecular weight is 325 g/mol. The number of benzene rings is 1. The van der Waals surface area contributed by atoms with Crippen molar-refractivity contribution in [3.8, 4) is 0 Å². The van der Waals surface area contributed by atoms with E-state index >= 15 is 0 Å². The summed E-state index contributed by atoms with van der Waals surface area (Å²) in [6, 6.07) is 1.91. The van der Waals surface area contributed by atoms with Crippen molar-refractivity contribution >= 4 is 39.1 Å². The molecule has 1 amide bonds. The predicted molar refractivity (Wildman–Crippen MR) is 65.2 cm³/mol. The van der Waals surface area contributed by atoms with Gasteiger partial charge in [0.15, 0.2) is 0 Å². The molecule has 0 radical (unpaired) electrons. The van der Waals surface area contributed by atoms with Crippen molar-refractivity contribution in [3.05, 3.63) is 28.2 Å². The van der Waals surface area contributed by atoms with Gasteiger partial charge in [-0.3, -0.25) is 4.79 Å². The second kappa shape index (κ2) is 4.90. The van der Waals surface area contributed by atoms with E-state index in [4.69, 9.17) is 11.6 Å². The zero-order valence-electron chi connectivity index (χ0n) is 8.72. The molecule has 0 aliphatic carbocycles. The van der Waals surface area contributed by atoms with Gasteiger partial charge < -0.3 is 4.90 Å². The number of carbonyl (C=O) groups excluding carboxylic acids is 1. The van der Waals surface area contributed by atoms with Crippen LogP contribution in [0.25, 0.3) is 0 Å². The molecule has 1 aliphatic rings. The lowest BCUT2D eigenvalue weighted by molar-refractivity contribution is -0.117. The Morgan fingerprint density at radius 2 is 2.18 bits per heavy atom.